The van der Waals surface area contributed by atoms with E-state index in [4.69, 9.17) is 0 Å². The van der Waals surface area contributed by atoms with Crippen LogP contribution in [0.3, 0.4) is 0 Å². The van der Waals surface area contributed by atoms with E-state index in [1.165, 1.54) is 57.1 Å². The minimum atomic E-state index is 0.797. The molecule has 0 aliphatic heterocycles. The first-order valence-electron chi connectivity index (χ1n) is 6.69. The molecule has 0 aromatic rings. The monoisotopic (exact) mass is 227 g/mol. The Bertz CT molecular complexity index is 173. The van der Waals surface area contributed by atoms with E-state index in [9.17, 15) is 0 Å². The van der Waals surface area contributed by atoms with Gasteiger partial charge in [-0.15, -0.1) is 0 Å². The first-order chi connectivity index (χ1) is 7.40. The van der Waals surface area contributed by atoms with Crippen molar-refractivity contribution < 1.29 is 0 Å². The molecule has 0 radical (unpaired) electrons. The third-order valence-electron chi connectivity index (χ3n) is 4.15. The molecule has 0 aromatic carbocycles. The van der Waals surface area contributed by atoms with Gasteiger partial charge >= 0.3 is 0 Å². The second-order valence-corrected chi connectivity index (χ2v) is 6.51. The molecule has 0 bridgehead atoms. The van der Waals surface area contributed by atoms with Gasteiger partial charge in [-0.1, -0.05) is 25.7 Å². The molecule has 2 aliphatic carbocycles. The zero-order valence-electron chi connectivity index (χ0n) is 10.0. The molecular weight excluding hydrogens is 202 g/mol. The largest absolute Gasteiger partial charge is 0.316 e. The Morgan fingerprint density at radius 1 is 1.07 bits per heavy atom. The van der Waals surface area contributed by atoms with Crippen molar-refractivity contribution in [3.05, 3.63) is 0 Å². The third-order valence-corrected chi connectivity index (χ3v) is 5.65. The van der Waals surface area contributed by atoms with Crippen LogP contribution in [0.4, 0.5) is 0 Å². The molecule has 1 unspecified atom stereocenters. The SMILES string of the molecule is CNC(CSC1CCCCC1)C1CCC1. The van der Waals surface area contributed by atoms with Gasteiger partial charge in [0.2, 0.25) is 0 Å². The van der Waals surface area contributed by atoms with Gasteiger partial charge < -0.3 is 5.32 Å². The molecular formula is C13H25NS. The van der Waals surface area contributed by atoms with Crippen LogP contribution in [0.15, 0.2) is 0 Å². The second kappa shape index (κ2) is 6.15. The highest BCUT2D eigenvalue weighted by molar-refractivity contribution is 7.99. The van der Waals surface area contributed by atoms with Gasteiger partial charge in [-0.05, 0) is 38.6 Å². The van der Waals surface area contributed by atoms with Gasteiger partial charge in [0.15, 0.2) is 0 Å². The van der Waals surface area contributed by atoms with E-state index >= 15 is 0 Å². The Morgan fingerprint density at radius 3 is 2.33 bits per heavy atom. The molecule has 2 saturated carbocycles. The van der Waals surface area contributed by atoms with Crippen LogP contribution in [0.1, 0.15) is 51.4 Å². The highest BCUT2D eigenvalue weighted by Gasteiger charge is 2.26. The highest BCUT2D eigenvalue weighted by Crippen LogP contribution is 2.34. The van der Waals surface area contributed by atoms with Crippen LogP contribution in [-0.4, -0.2) is 24.1 Å². The highest BCUT2D eigenvalue weighted by atomic mass is 32.2. The van der Waals surface area contributed by atoms with E-state index in [1.54, 1.807) is 0 Å². The summed E-state index contributed by atoms with van der Waals surface area (Å²) in [5.41, 5.74) is 0. The lowest BCUT2D eigenvalue weighted by Gasteiger charge is -2.34. The van der Waals surface area contributed by atoms with Gasteiger partial charge in [-0.2, -0.15) is 11.8 Å². The van der Waals surface area contributed by atoms with Crippen molar-refractivity contribution in [1.82, 2.24) is 5.32 Å². The Hall–Kier alpha value is 0.310. The van der Waals surface area contributed by atoms with Crippen molar-refractivity contribution in [2.45, 2.75) is 62.7 Å². The van der Waals surface area contributed by atoms with Crippen LogP contribution in [0, 0.1) is 5.92 Å². The molecule has 2 fully saturated rings. The summed E-state index contributed by atoms with van der Waals surface area (Å²) in [6.07, 6.45) is 11.8. The lowest BCUT2D eigenvalue weighted by molar-refractivity contribution is 0.252. The summed E-state index contributed by atoms with van der Waals surface area (Å²) in [6.45, 7) is 0. The molecule has 0 amide bonds. The van der Waals surface area contributed by atoms with E-state index in [0.717, 1.165) is 17.2 Å². The summed E-state index contributed by atoms with van der Waals surface area (Å²) in [4.78, 5) is 0. The zero-order valence-corrected chi connectivity index (χ0v) is 10.8. The predicted molar refractivity (Wildman–Crippen MR) is 69.5 cm³/mol. The minimum Gasteiger partial charge on any atom is -0.316 e. The number of nitrogens with one attached hydrogen (secondary N) is 1. The molecule has 2 rings (SSSR count). The minimum absolute atomic E-state index is 0.797. The molecule has 0 heterocycles. The molecule has 2 aliphatic rings. The van der Waals surface area contributed by atoms with Crippen LogP contribution < -0.4 is 5.32 Å². The van der Waals surface area contributed by atoms with Crippen LogP contribution in [-0.2, 0) is 0 Å². The van der Waals surface area contributed by atoms with Gasteiger partial charge in [0, 0.05) is 17.0 Å². The lowest BCUT2D eigenvalue weighted by atomic mass is 9.80. The normalized spacial score (nSPS) is 26.2. The van der Waals surface area contributed by atoms with Gasteiger partial charge in [0.25, 0.3) is 0 Å². The first kappa shape index (κ1) is 11.8. The van der Waals surface area contributed by atoms with E-state index in [1.807, 2.05) is 0 Å². The predicted octanol–water partition coefficient (Wildman–Crippen LogP) is 3.44. The van der Waals surface area contributed by atoms with Crippen LogP contribution in [0.5, 0.6) is 0 Å². The van der Waals surface area contributed by atoms with Crippen molar-refractivity contribution in [2.75, 3.05) is 12.8 Å². The molecule has 0 spiro atoms. The molecule has 2 heteroatoms. The fourth-order valence-corrected chi connectivity index (χ4v) is 4.35. The summed E-state index contributed by atoms with van der Waals surface area (Å²) in [5.74, 6) is 2.34. The van der Waals surface area contributed by atoms with Crippen molar-refractivity contribution >= 4 is 11.8 Å². The number of hydrogen-bond donors (Lipinski definition) is 1. The van der Waals surface area contributed by atoms with Gasteiger partial charge in [-0.25, -0.2) is 0 Å². The van der Waals surface area contributed by atoms with Crippen LogP contribution >= 0.6 is 11.8 Å². The summed E-state index contributed by atoms with van der Waals surface area (Å²) in [6, 6.07) is 0.797. The topological polar surface area (TPSA) is 12.0 Å². The van der Waals surface area contributed by atoms with E-state index in [2.05, 4.69) is 24.1 Å². The standard InChI is InChI=1S/C13H25NS/c1-14-13(11-6-5-7-11)10-15-12-8-3-2-4-9-12/h11-14H,2-10H2,1H3. The Kier molecular flexibility index (Phi) is 4.83. The molecule has 15 heavy (non-hydrogen) atoms. The quantitative estimate of drug-likeness (QED) is 0.772. The van der Waals surface area contributed by atoms with Crippen molar-refractivity contribution in [1.29, 1.82) is 0 Å². The molecule has 1 nitrogen and oxygen atoms in total. The maximum absolute atomic E-state index is 3.52. The Labute approximate surface area is 98.8 Å². The summed E-state index contributed by atoms with van der Waals surface area (Å²) in [7, 11) is 2.14. The number of thioether (sulfide) groups is 1. The Morgan fingerprint density at radius 2 is 1.80 bits per heavy atom. The van der Waals surface area contributed by atoms with Crippen molar-refractivity contribution in [2.24, 2.45) is 5.92 Å². The fourth-order valence-electron chi connectivity index (χ4n) is 2.77. The molecule has 0 saturated heterocycles. The van der Waals surface area contributed by atoms with E-state index in [0.29, 0.717) is 0 Å². The maximum Gasteiger partial charge on any atom is 0.0183 e. The second-order valence-electron chi connectivity index (χ2n) is 5.18. The summed E-state index contributed by atoms with van der Waals surface area (Å²) < 4.78 is 0. The van der Waals surface area contributed by atoms with Crippen LogP contribution in [0.25, 0.3) is 0 Å². The maximum atomic E-state index is 3.52. The van der Waals surface area contributed by atoms with Crippen molar-refractivity contribution in [3.63, 3.8) is 0 Å². The molecule has 0 aromatic heterocycles. The van der Waals surface area contributed by atoms with Gasteiger partial charge in [-0.3, -0.25) is 0 Å². The van der Waals surface area contributed by atoms with Gasteiger partial charge in [0.1, 0.15) is 0 Å². The van der Waals surface area contributed by atoms with Crippen molar-refractivity contribution in [3.8, 4) is 0 Å². The number of rotatable bonds is 5. The average Bonchev–Trinajstić information content (AvgIpc) is 2.23. The smallest absolute Gasteiger partial charge is 0.0183 e. The first-order valence-corrected chi connectivity index (χ1v) is 7.74. The fraction of sp³-hybridized carbons (Fsp3) is 1.00. The number of hydrogen-bond acceptors (Lipinski definition) is 2. The Balaban J connectivity index is 1.65. The summed E-state index contributed by atoms with van der Waals surface area (Å²) >= 11 is 2.25. The summed E-state index contributed by atoms with van der Waals surface area (Å²) in [5, 5.41) is 4.50. The lowest BCUT2D eigenvalue weighted by Crippen LogP contribution is -2.39. The van der Waals surface area contributed by atoms with Crippen LogP contribution in [0.2, 0.25) is 0 Å². The third kappa shape index (κ3) is 3.39. The van der Waals surface area contributed by atoms with Gasteiger partial charge in [0.05, 0.1) is 0 Å². The molecule has 88 valence electrons. The van der Waals surface area contributed by atoms with E-state index < -0.39 is 0 Å². The molecule has 1 atom stereocenters. The average molecular weight is 227 g/mol. The zero-order chi connectivity index (χ0) is 10.5. The molecule has 1 N–H and O–H groups in total. The van der Waals surface area contributed by atoms with E-state index in [-0.39, 0.29) is 0 Å².